The third-order valence-electron chi connectivity index (χ3n) is 3.85. The maximum absolute atomic E-state index is 14.8. The smallest absolute Gasteiger partial charge is 0.358 e. The summed E-state index contributed by atoms with van der Waals surface area (Å²) in [7, 11) is 1.67. The molecule has 0 amide bonds. The lowest BCUT2D eigenvalue weighted by atomic mass is 10.2. The molecule has 1 fully saturated rings. The third kappa shape index (κ3) is 2.55. The van der Waals surface area contributed by atoms with Crippen LogP contribution in [0.25, 0.3) is 10.1 Å². The van der Waals surface area contributed by atoms with Gasteiger partial charge in [-0.3, -0.25) is 0 Å². The van der Waals surface area contributed by atoms with E-state index in [1.807, 2.05) is 4.90 Å². The van der Waals surface area contributed by atoms with E-state index >= 15 is 0 Å². The number of nitrogens with zero attached hydrogens (tertiary/aromatic N) is 2. The van der Waals surface area contributed by atoms with Crippen molar-refractivity contribution < 1.29 is 18.7 Å². The third-order valence-corrected chi connectivity index (χ3v) is 4.70. The largest absolute Gasteiger partial charge is 0.461 e. The highest BCUT2D eigenvalue weighted by Gasteiger charge is 2.26. The fourth-order valence-corrected chi connectivity index (χ4v) is 3.50. The number of fused-ring (bicyclic) bond motifs is 1. The molecule has 0 aliphatic carbocycles. The van der Waals surface area contributed by atoms with E-state index in [9.17, 15) is 9.18 Å². The van der Waals surface area contributed by atoms with Gasteiger partial charge < -0.3 is 14.4 Å². The second-order valence-electron chi connectivity index (χ2n) is 5.12. The summed E-state index contributed by atoms with van der Waals surface area (Å²) >= 11 is 0.991. The molecule has 2 aromatic rings. The Morgan fingerprint density at radius 3 is 3.05 bits per heavy atom. The number of esters is 1. The van der Waals surface area contributed by atoms with Crippen molar-refractivity contribution in [2.24, 2.45) is 0 Å². The number of carbonyl (C=O) groups is 1. The Morgan fingerprint density at radius 1 is 1.55 bits per heavy atom. The maximum Gasteiger partial charge on any atom is 0.358 e. The Morgan fingerprint density at radius 2 is 2.36 bits per heavy atom. The van der Waals surface area contributed by atoms with Gasteiger partial charge in [-0.05, 0) is 37.0 Å². The first-order chi connectivity index (χ1) is 10.7. The Kier molecular flexibility index (Phi) is 4.26. The Bertz CT molecular complexity index is 703. The summed E-state index contributed by atoms with van der Waals surface area (Å²) in [5.41, 5.74) is 0.717. The molecule has 0 bridgehead atoms. The quantitative estimate of drug-likeness (QED) is 0.810. The van der Waals surface area contributed by atoms with Gasteiger partial charge in [0, 0.05) is 25.6 Å². The van der Waals surface area contributed by atoms with E-state index in [0.29, 0.717) is 22.3 Å². The molecule has 0 radical (unpaired) electrons. The van der Waals surface area contributed by atoms with Crippen molar-refractivity contribution in [3.63, 3.8) is 0 Å². The van der Waals surface area contributed by atoms with Gasteiger partial charge in [0.25, 0.3) is 0 Å². The van der Waals surface area contributed by atoms with Gasteiger partial charge in [-0.15, -0.1) is 0 Å². The molecule has 118 valence electrons. The number of halogens is 1. The average Bonchev–Trinajstić information content (AvgIpc) is 3.14. The maximum atomic E-state index is 14.8. The lowest BCUT2D eigenvalue weighted by molar-refractivity contribution is 0.0523. The molecule has 1 unspecified atom stereocenters. The van der Waals surface area contributed by atoms with Crippen molar-refractivity contribution in [3.05, 3.63) is 23.6 Å². The summed E-state index contributed by atoms with van der Waals surface area (Å²) in [5.74, 6) is -0.844. The van der Waals surface area contributed by atoms with Crippen molar-refractivity contribution in [3.8, 4) is 0 Å². The molecule has 7 heteroatoms. The summed E-state index contributed by atoms with van der Waals surface area (Å²) in [4.78, 5) is 13.8. The predicted molar refractivity (Wildman–Crippen MR) is 83.2 cm³/mol. The number of carbonyl (C=O) groups excluding carboxylic acids is 1. The van der Waals surface area contributed by atoms with Gasteiger partial charge in [-0.1, -0.05) is 0 Å². The van der Waals surface area contributed by atoms with E-state index in [1.54, 1.807) is 26.2 Å². The first-order valence-corrected chi connectivity index (χ1v) is 7.95. The predicted octanol–water partition coefficient (Wildman–Crippen LogP) is 2.84. The molecular weight excluding hydrogens is 307 g/mol. The summed E-state index contributed by atoms with van der Waals surface area (Å²) in [5, 5.41) is 0.507. The highest BCUT2D eigenvalue weighted by atomic mass is 32.1. The number of ether oxygens (including phenoxy) is 2. The van der Waals surface area contributed by atoms with Crippen LogP contribution in [-0.4, -0.2) is 43.3 Å². The Hall–Kier alpha value is -1.73. The van der Waals surface area contributed by atoms with Gasteiger partial charge in [0.15, 0.2) is 11.5 Å². The lowest BCUT2D eigenvalue weighted by Gasteiger charge is -2.19. The molecule has 0 N–H and O–H groups in total. The molecule has 1 aliphatic heterocycles. The highest BCUT2D eigenvalue weighted by Crippen LogP contribution is 2.34. The molecule has 5 nitrogen and oxygen atoms in total. The number of benzene rings is 1. The second kappa shape index (κ2) is 6.18. The van der Waals surface area contributed by atoms with Crippen LogP contribution in [0.15, 0.2) is 12.1 Å². The molecule has 0 spiro atoms. The van der Waals surface area contributed by atoms with Crippen LogP contribution in [0, 0.1) is 5.82 Å². The Balaban J connectivity index is 1.96. The van der Waals surface area contributed by atoms with Crippen LogP contribution in [-0.2, 0) is 9.47 Å². The van der Waals surface area contributed by atoms with Crippen LogP contribution in [0.2, 0.25) is 0 Å². The fraction of sp³-hybridized carbons (Fsp3) is 0.467. The average molecular weight is 324 g/mol. The minimum Gasteiger partial charge on any atom is -0.461 e. The Labute approximate surface area is 131 Å². The van der Waals surface area contributed by atoms with Crippen LogP contribution >= 0.6 is 11.5 Å². The number of methoxy groups -OCH3 is 1. The van der Waals surface area contributed by atoms with E-state index in [0.717, 1.165) is 24.5 Å². The second-order valence-corrected chi connectivity index (χ2v) is 5.89. The van der Waals surface area contributed by atoms with Gasteiger partial charge in [0.2, 0.25) is 0 Å². The van der Waals surface area contributed by atoms with Gasteiger partial charge in [0.1, 0.15) is 0 Å². The molecular formula is C15H17FN2O3S. The van der Waals surface area contributed by atoms with Crippen molar-refractivity contribution in [2.75, 3.05) is 31.7 Å². The molecule has 1 aliphatic rings. The number of hydrogen-bond acceptors (Lipinski definition) is 6. The lowest BCUT2D eigenvalue weighted by Crippen LogP contribution is -2.23. The van der Waals surface area contributed by atoms with Crippen LogP contribution in [0.5, 0.6) is 0 Å². The molecule has 0 saturated carbocycles. The molecule has 1 atom stereocenters. The fourth-order valence-electron chi connectivity index (χ4n) is 2.69. The van der Waals surface area contributed by atoms with E-state index in [4.69, 9.17) is 9.47 Å². The highest BCUT2D eigenvalue weighted by molar-refractivity contribution is 7.13. The molecule has 22 heavy (non-hydrogen) atoms. The summed E-state index contributed by atoms with van der Waals surface area (Å²) in [6.07, 6.45) is 1.01. The minimum absolute atomic E-state index is 0.131. The summed E-state index contributed by atoms with van der Waals surface area (Å²) < 4.78 is 29.5. The monoisotopic (exact) mass is 324 g/mol. The van der Waals surface area contributed by atoms with E-state index in [1.165, 1.54) is 0 Å². The van der Waals surface area contributed by atoms with Crippen LogP contribution in [0.3, 0.4) is 0 Å². The SMILES string of the molecule is CCOC(=O)c1nsc2c(F)c(N3CCC(OC)C3)ccc12. The van der Waals surface area contributed by atoms with Gasteiger partial charge in [-0.2, -0.15) is 4.37 Å². The van der Waals surface area contributed by atoms with Crippen LogP contribution in [0.1, 0.15) is 23.8 Å². The topological polar surface area (TPSA) is 51.7 Å². The van der Waals surface area contributed by atoms with Crippen molar-refractivity contribution in [1.82, 2.24) is 4.37 Å². The molecule has 1 aromatic carbocycles. The van der Waals surface area contributed by atoms with Crippen LogP contribution < -0.4 is 4.90 Å². The molecule has 2 heterocycles. The van der Waals surface area contributed by atoms with Crippen molar-refractivity contribution in [1.29, 1.82) is 0 Å². The van der Waals surface area contributed by atoms with E-state index in [-0.39, 0.29) is 24.2 Å². The standard InChI is InChI=1S/C15H17FN2O3S/c1-3-21-15(19)13-10-4-5-11(12(16)14(10)22-17-13)18-7-6-9(8-18)20-2/h4-5,9H,3,6-8H2,1-2H3. The zero-order valence-corrected chi connectivity index (χ0v) is 13.3. The van der Waals surface area contributed by atoms with E-state index < -0.39 is 5.97 Å². The molecule has 1 aromatic heterocycles. The molecule has 3 rings (SSSR count). The molecule has 1 saturated heterocycles. The summed E-state index contributed by atoms with van der Waals surface area (Å²) in [6, 6.07) is 3.44. The number of rotatable bonds is 4. The van der Waals surface area contributed by atoms with Crippen molar-refractivity contribution in [2.45, 2.75) is 19.4 Å². The normalized spacial score (nSPS) is 18.1. The first-order valence-electron chi connectivity index (χ1n) is 7.18. The first kappa shape index (κ1) is 15.2. The van der Waals surface area contributed by atoms with Crippen molar-refractivity contribution >= 4 is 33.3 Å². The number of anilines is 1. The zero-order valence-electron chi connectivity index (χ0n) is 12.5. The zero-order chi connectivity index (χ0) is 15.7. The minimum atomic E-state index is -0.512. The van der Waals surface area contributed by atoms with Gasteiger partial charge in [-0.25, -0.2) is 9.18 Å². The van der Waals surface area contributed by atoms with Crippen LogP contribution in [0.4, 0.5) is 10.1 Å². The number of aromatic nitrogens is 1. The summed E-state index contributed by atoms with van der Waals surface area (Å²) in [6.45, 7) is 3.42. The van der Waals surface area contributed by atoms with Gasteiger partial charge >= 0.3 is 5.97 Å². The van der Waals surface area contributed by atoms with Gasteiger partial charge in [0.05, 0.1) is 23.1 Å². The number of hydrogen-bond donors (Lipinski definition) is 0. The van der Waals surface area contributed by atoms with E-state index in [2.05, 4.69) is 4.37 Å².